The summed E-state index contributed by atoms with van der Waals surface area (Å²) in [6, 6.07) is 0. The van der Waals surface area contributed by atoms with Crippen LogP contribution in [-0.4, -0.2) is 49.5 Å². The van der Waals surface area contributed by atoms with E-state index in [9.17, 15) is 0 Å². The van der Waals surface area contributed by atoms with Crippen molar-refractivity contribution < 1.29 is 9.47 Å². The Labute approximate surface area is 105 Å². The lowest BCUT2D eigenvalue weighted by Crippen LogP contribution is -2.34. The van der Waals surface area contributed by atoms with Crippen molar-refractivity contribution in [1.29, 1.82) is 0 Å². The zero-order chi connectivity index (χ0) is 12.1. The molecule has 1 fully saturated rings. The molecule has 1 aliphatic heterocycles. The molecule has 2 N–H and O–H groups in total. The molecule has 0 amide bonds. The molecule has 1 saturated heterocycles. The van der Waals surface area contributed by atoms with E-state index in [-0.39, 0.29) is 6.10 Å². The fourth-order valence-corrected chi connectivity index (χ4v) is 1.63. The average molecular weight is 259 g/mol. The second kappa shape index (κ2) is 6.00. The number of aromatic nitrogens is 2. The van der Waals surface area contributed by atoms with Crippen LogP contribution in [0.4, 0.5) is 11.8 Å². The van der Waals surface area contributed by atoms with Crippen LogP contribution in [0, 0.1) is 0 Å². The Kier molecular flexibility index (Phi) is 4.36. The number of nitrogens with zero attached hydrogens (tertiary/aromatic N) is 2. The quantitative estimate of drug-likeness (QED) is 0.840. The molecule has 1 aliphatic rings. The van der Waals surface area contributed by atoms with Crippen molar-refractivity contribution in [1.82, 2.24) is 9.97 Å². The molecule has 6 nitrogen and oxygen atoms in total. The van der Waals surface area contributed by atoms with Gasteiger partial charge in [0.2, 0.25) is 5.95 Å². The second-order valence-electron chi connectivity index (χ2n) is 3.59. The first-order valence-corrected chi connectivity index (χ1v) is 5.81. The molecule has 0 aromatic carbocycles. The Morgan fingerprint density at radius 1 is 1.53 bits per heavy atom. The SMILES string of the molecule is CNc1ncc(Cl)c(NCC2COCCO2)n1. The van der Waals surface area contributed by atoms with Crippen LogP contribution in [-0.2, 0) is 9.47 Å². The molecular formula is C10H15ClN4O2. The Hall–Kier alpha value is -1.11. The van der Waals surface area contributed by atoms with E-state index in [0.717, 1.165) is 0 Å². The maximum absolute atomic E-state index is 5.98. The van der Waals surface area contributed by atoms with Gasteiger partial charge in [-0.2, -0.15) is 4.98 Å². The van der Waals surface area contributed by atoms with E-state index in [4.69, 9.17) is 21.1 Å². The second-order valence-corrected chi connectivity index (χ2v) is 4.00. The number of nitrogens with one attached hydrogen (secondary N) is 2. The van der Waals surface area contributed by atoms with Gasteiger partial charge >= 0.3 is 0 Å². The fraction of sp³-hybridized carbons (Fsp3) is 0.600. The van der Waals surface area contributed by atoms with Gasteiger partial charge in [0.05, 0.1) is 32.1 Å². The highest BCUT2D eigenvalue weighted by Crippen LogP contribution is 2.19. The predicted octanol–water partition coefficient (Wildman–Crippen LogP) is 0.999. The standard InChI is InChI=1S/C10H15ClN4O2/c1-12-10-14-5-8(11)9(15-10)13-4-7-6-16-2-3-17-7/h5,7H,2-4,6H2,1H3,(H2,12,13,14,15). The van der Waals surface area contributed by atoms with Gasteiger partial charge in [0, 0.05) is 13.6 Å². The largest absolute Gasteiger partial charge is 0.376 e. The van der Waals surface area contributed by atoms with Crippen molar-refractivity contribution in [2.75, 3.05) is 44.0 Å². The zero-order valence-electron chi connectivity index (χ0n) is 9.57. The first kappa shape index (κ1) is 12.3. The first-order chi connectivity index (χ1) is 8.29. The number of anilines is 2. The molecule has 0 bridgehead atoms. The van der Waals surface area contributed by atoms with Gasteiger partial charge < -0.3 is 20.1 Å². The third-order valence-electron chi connectivity index (χ3n) is 2.35. The van der Waals surface area contributed by atoms with Crippen molar-refractivity contribution in [3.05, 3.63) is 11.2 Å². The molecule has 0 saturated carbocycles. The number of hydrogen-bond donors (Lipinski definition) is 2. The molecule has 1 atom stereocenters. The molecular weight excluding hydrogens is 244 g/mol. The van der Waals surface area contributed by atoms with Crippen molar-refractivity contribution in [3.8, 4) is 0 Å². The van der Waals surface area contributed by atoms with Crippen molar-refractivity contribution in [2.45, 2.75) is 6.10 Å². The molecule has 0 aliphatic carbocycles. The zero-order valence-corrected chi connectivity index (χ0v) is 10.3. The van der Waals surface area contributed by atoms with Crippen molar-refractivity contribution >= 4 is 23.4 Å². The molecule has 0 spiro atoms. The molecule has 1 aromatic rings. The van der Waals surface area contributed by atoms with Crippen LogP contribution in [0.5, 0.6) is 0 Å². The lowest BCUT2D eigenvalue weighted by molar-refractivity contribution is -0.0819. The fourth-order valence-electron chi connectivity index (χ4n) is 1.48. The van der Waals surface area contributed by atoms with Crippen LogP contribution in [0.3, 0.4) is 0 Å². The van der Waals surface area contributed by atoms with E-state index in [2.05, 4.69) is 20.6 Å². The molecule has 94 valence electrons. The van der Waals surface area contributed by atoms with E-state index in [0.29, 0.717) is 43.2 Å². The number of halogens is 1. The van der Waals surface area contributed by atoms with Crippen LogP contribution < -0.4 is 10.6 Å². The molecule has 1 unspecified atom stereocenters. The number of hydrogen-bond acceptors (Lipinski definition) is 6. The minimum atomic E-state index is 0.0350. The van der Waals surface area contributed by atoms with E-state index < -0.39 is 0 Å². The summed E-state index contributed by atoms with van der Waals surface area (Å²) in [5.41, 5.74) is 0. The van der Waals surface area contributed by atoms with Crippen molar-refractivity contribution in [2.24, 2.45) is 0 Å². The molecule has 7 heteroatoms. The number of rotatable bonds is 4. The lowest BCUT2D eigenvalue weighted by atomic mass is 10.3. The maximum atomic E-state index is 5.98. The summed E-state index contributed by atoms with van der Waals surface area (Å²) in [5, 5.41) is 6.47. The van der Waals surface area contributed by atoms with Gasteiger partial charge in [-0.05, 0) is 0 Å². The van der Waals surface area contributed by atoms with E-state index in [1.54, 1.807) is 13.2 Å². The summed E-state index contributed by atoms with van der Waals surface area (Å²) in [4.78, 5) is 8.22. The summed E-state index contributed by atoms with van der Waals surface area (Å²) < 4.78 is 10.8. The Morgan fingerprint density at radius 3 is 3.12 bits per heavy atom. The van der Waals surface area contributed by atoms with E-state index in [1.807, 2.05) is 0 Å². The summed E-state index contributed by atoms with van der Waals surface area (Å²) in [5.74, 6) is 1.12. The smallest absolute Gasteiger partial charge is 0.224 e. The Morgan fingerprint density at radius 2 is 2.41 bits per heavy atom. The van der Waals surface area contributed by atoms with Gasteiger partial charge in [0.25, 0.3) is 0 Å². The molecule has 2 heterocycles. The van der Waals surface area contributed by atoms with Crippen LogP contribution in [0.2, 0.25) is 5.02 Å². The van der Waals surface area contributed by atoms with Crippen LogP contribution >= 0.6 is 11.6 Å². The Balaban J connectivity index is 1.92. The molecule has 1 aromatic heterocycles. The lowest BCUT2D eigenvalue weighted by Gasteiger charge is -2.23. The minimum Gasteiger partial charge on any atom is -0.376 e. The van der Waals surface area contributed by atoms with Crippen molar-refractivity contribution in [3.63, 3.8) is 0 Å². The van der Waals surface area contributed by atoms with Gasteiger partial charge in [-0.1, -0.05) is 11.6 Å². The Bertz CT molecular complexity index is 371. The molecule has 2 rings (SSSR count). The normalized spacial score (nSPS) is 20.0. The average Bonchev–Trinajstić information content (AvgIpc) is 2.39. The van der Waals surface area contributed by atoms with Gasteiger partial charge in [-0.25, -0.2) is 4.98 Å². The van der Waals surface area contributed by atoms with Crippen LogP contribution in [0.25, 0.3) is 0 Å². The van der Waals surface area contributed by atoms with E-state index >= 15 is 0 Å². The summed E-state index contributed by atoms with van der Waals surface area (Å²) in [7, 11) is 1.76. The molecule has 17 heavy (non-hydrogen) atoms. The predicted molar refractivity (Wildman–Crippen MR) is 65.6 cm³/mol. The van der Waals surface area contributed by atoms with Gasteiger partial charge in [-0.3, -0.25) is 0 Å². The highest BCUT2D eigenvalue weighted by atomic mass is 35.5. The number of ether oxygens (including phenoxy) is 2. The third kappa shape index (κ3) is 3.42. The van der Waals surface area contributed by atoms with Gasteiger partial charge in [0.15, 0.2) is 5.82 Å². The molecule has 0 radical (unpaired) electrons. The maximum Gasteiger partial charge on any atom is 0.224 e. The van der Waals surface area contributed by atoms with E-state index in [1.165, 1.54) is 0 Å². The summed E-state index contributed by atoms with van der Waals surface area (Å²) in [6.07, 6.45) is 1.59. The van der Waals surface area contributed by atoms with Crippen LogP contribution in [0.1, 0.15) is 0 Å². The summed E-state index contributed by atoms with van der Waals surface area (Å²) >= 11 is 5.98. The monoisotopic (exact) mass is 258 g/mol. The topological polar surface area (TPSA) is 68.3 Å². The van der Waals surface area contributed by atoms with Gasteiger partial charge in [0.1, 0.15) is 5.02 Å². The van der Waals surface area contributed by atoms with Crippen LogP contribution in [0.15, 0.2) is 6.20 Å². The highest BCUT2D eigenvalue weighted by molar-refractivity contribution is 6.32. The summed E-state index contributed by atoms with van der Waals surface area (Å²) in [6.45, 7) is 2.49. The third-order valence-corrected chi connectivity index (χ3v) is 2.63. The van der Waals surface area contributed by atoms with Gasteiger partial charge in [-0.15, -0.1) is 0 Å². The highest BCUT2D eigenvalue weighted by Gasteiger charge is 2.15. The first-order valence-electron chi connectivity index (χ1n) is 5.43. The minimum absolute atomic E-state index is 0.0350.